The van der Waals surface area contributed by atoms with Gasteiger partial charge in [-0.15, -0.1) is 0 Å². The predicted molar refractivity (Wildman–Crippen MR) is 86.2 cm³/mol. The molecule has 1 heteroatoms. The molecule has 0 saturated heterocycles. The van der Waals surface area contributed by atoms with Crippen LogP contribution >= 0.6 is 0 Å². The van der Waals surface area contributed by atoms with E-state index in [4.69, 9.17) is 4.98 Å². The van der Waals surface area contributed by atoms with Crippen molar-refractivity contribution in [1.29, 1.82) is 0 Å². The van der Waals surface area contributed by atoms with Crippen LogP contribution in [0, 0.1) is 13.8 Å². The van der Waals surface area contributed by atoms with Gasteiger partial charge < -0.3 is 0 Å². The maximum absolute atomic E-state index is 4.71. The molecule has 1 heterocycles. The maximum Gasteiger partial charge on any atom is 0.0786 e. The van der Waals surface area contributed by atoms with Gasteiger partial charge in [0, 0.05) is 22.4 Å². The van der Waals surface area contributed by atoms with Gasteiger partial charge in [0.25, 0.3) is 0 Å². The normalized spacial score (nSPS) is 11.5. The summed E-state index contributed by atoms with van der Waals surface area (Å²) >= 11 is 0. The highest BCUT2D eigenvalue weighted by atomic mass is 14.7. The molecule has 0 atom stereocenters. The van der Waals surface area contributed by atoms with E-state index in [0.717, 1.165) is 5.52 Å². The Balaban J connectivity index is 2.27. The zero-order valence-electron chi connectivity index (χ0n) is 11.6. The monoisotopic (exact) mass is 257 g/mol. The number of pyridine rings is 1. The number of hydrogen-bond acceptors (Lipinski definition) is 1. The molecule has 1 aromatic heterocycles. The molecule has 0 radical (unpaired) electrons. The molecule has 0 unspecified atom stereocenters. The van der Waals surface area contributed by atoms with Crippen LogP contribution in [0.15, 0.2) is 54.7 Å². The van der Waals surface area contributed by atoms with Crippen molar-refractivity contribution in [2.45, 2.75) is 13.8 Å². The molecular formula is C19H15N. The van der Waals surface area contributed by atoms with Crippen molar-refractivity contribution in [2.75, 3.05) is 0 Å². The van der Waals surface area contributed by atoms with E-state index in [1.54, 1.807) is 0 Å². The van der Waals surface area contributed by atoms with Crippen LogP contribution < -0.4 is 0 Å². The molecule has 0 fully saturated rings. The van der Waals surface area contributed by atoms with Crippen LogP contribution in [0.4, 0.5) is 0 Å². The van der Waals surface area contributed by atoms with Crippen LogP contribution in [0.2, 0.25) is 0 Å². The Morgan fingerprint density at radius 3 is 2.45 bits per heavy atom. The number of rotatable bonds is 0. The number of nitrogens with zero attached hydrogens (tertiary/aromatic N) is 1. The molecule has 1 nitrogen and oxygen atoms in total. The van der Waals surface area contributed by atoms with E-state index in [0.29, 0.717) is 0 Å². The van der Waals surface area contributed by atoms with Gasteiger partial charge in [-0.1, -0.05) is 54.1 Å². The Kier molecular flexibility index (Phi) is 2.31. The molecule has 0 N–H and O–H groups in total. The topological polar surface area (TPSA) is 12.9 Å². The Labute approximate surface area is 117 Å². The first-order chi connectivity index (χ1) is 9.74. The smallest absolute Gasteiger partial charge is 0.0786 e. The SMILES string of the molecule is Cc1ccc2cnc3c4cccc(C)c4ccc3c2c1. The van der Waals surface area contributed by atoms with Crippen molar-refractivity contribution in [1.82, 2.24) is 4.98 Å². The number of hydrogen-bond donors (Lipinski definition) is 0. The fourth-order valence-corrected chi connectivity index (χ4v) is 3.01. The van der Waals surface area contributed by atoms with Crippen LogP contribution in [0.3, 0.4) is 0 Å². The van der Waals surface area contributed by atoms with E-state index < -0.39 is 0 Å². The third-order valence-corrected chi connectivity index (χ3v) is 4.08. The van der Waals surface area contributed by atoms with Gasteiger partial charge in [-0.2, -0.15) is 0 Å². The number of aryl methyl sites for hydroxylation is 2. The molecular weight excluding hydrogens is 242 g/mol. The number of aromatic nitrogens is 1. The first-order valence-electron chi connectivity index (χ1n) is 6.91. The van der Waals surface area contributed by atoms with Gasteiger partial charge in [-0.3, -0.25) is 4.98 Å². The largest absolute Gasteiger partial charge is 0.255 e. The minimum atomic E-state index is 1.10. The third kappa shape index (κ3) is 1.53. The molecule has 20 heavy (non-hydrogen) atoms. The summed E-state index contributed by atoms with van der Waals surface area (Å²) in [6.45, 7) is 4.29. The lowest BCUT2D eigenvalue weighted by Gasteiger charge is -2.08. The lowest BCUT2D eigenvalue weighted by Crippen LogP contribution is -1.86. The molecule has 0 spiro atoms. The highest BCUT2D eigenvalue weighted by Crippen LogP contribution is 2.31. The van der Waals surface area contributed by atoms with Crippen LogP contribution in [-0.4, -0.2) is 4.98 Å². The van der Waals surface area contributed by atoms with Crippen molar-refractivity contribution in [2.24, 2.45) is 0 Å². The highest BCUT2D eigenvalue weighted by Gasteiger charge is 2.07. The quantitative estimate of drug-likeness (QED) is 0.397. The fraction of sp³-hybridized carbons (Fsp3) is 0.105. The first-order valence-corrected chi connectivity index (χ1v) is 6.91. The third-order valence-electron chi connectivity index (χ3n) is 4.08. The summed E-state index contributed by atoms with van der Waals surface area (Å²) in [5.74, 6) is 0. The maximum atomic E-state index is 4.71. The second-order valence-electron chi connectivity index (χ2n) is 5.48. The summed E-state index contributed by atoms with van der Waals surface area (Å²) in [5, 5.41) is 6.27. The van der Waals surface area contributed by atoms with Gasteiger partial charge in [0.2, 0.25) is 0 Å². The van der Waals surface area contributed by atoms with E-state index in [-0.39, 0.29) is 0 Å². The highest BCUT2D eigenvalue weighted by molar-refractivity contribution is 6.15. The molecule has 0 bridgehead atoms. The Hall–Kier alpha value is -2.41. The van der Waals surface area contributed by atoms with E-state index in [1.165, 1.54) is 38.1 Å². The van der Waals surface area contributed by atoms with Crippen molar-refractivity contribution >= 4 is 32.4 Å². The summed E-state index contributed by atoms with van der Waals surface area (Å²) in [4.78, 5) is 4.71. The van der Waals surface area contributed by atoms with Gasteiger partial charge in [-0.25, -0.2) is 0 Å². The van der Waals surface area contributed by atoms with Gasteiger partial charge in [0.15, 0.2) is 0 Å². The van der Waals surface area contributed by atoms with E-state index in [1.807, 2.05) is 6.20 Å². The second-order valence-corrected chi connectivity index (χ2v) is 5.48. The van der Waals surface area contributed by atoms with Gasteiger partial charge in [0.1, 0.15) is 0 Å². The average Bonchev–Trinajstić information content (AvgIpc) is 2.47. The summed E-state index contributed by atoms with van der Waals surface area (Å²) in [7, 11) is 0. The van der Waals surface area contributed by atoms with Crippen LogP contribution in [-0.2, 0) is 0 Å². The standard InChI is InChI=1S/C19H15N/c1-12-6-7-14-11-20-19-16-5-3-4-13(2)15(16)8-9-17(19)18(14)10-12/h3-11H,1-2H3. The van der Waals surface area contributed by atoms with Crippen molar-refractivity contribution < 1.29 is 0 Å². The van der Waals surface area contributed by atoms with Gasteiger partial charge in [0.05, 0.1) is 5.52 Å². The molecule has 0 aliphatic heterocycles. The number of benzene rings is 3. The first kappa shape index (κ1) is 11.4. The van der Waals surface area contributed by atoms with Crippen LogP contribution in [0.5, 0.6) is 0 Å². The Morgan fingerprint density at radius 1 is 0.750 bits per heavy atom. The minimum Gasteiger partial charge on any atom is -0.255 e. The molecule has 0 amide bonds. The van der Waals surface area contributed by atoms with Gasteiger partial charge in [-0.05, 0) is 30.2 Å². The summed E-state index contributed by atoms with van der Waals surface area (Å²) in [6.07, 6.45) is 1.98. The zero-order valence-corrected chi connectivity index (χ0v) is 11.6. The van der Waals surface area contributed by atoms with Crippen molar-refractivity contribution in [3.63, 3.8) is 0 Å². The number of fused-ring (bicyclic) bond motifs is 5. The molecule has 0 aliphatic rings. The van der Waals surface area contributed by atoms with E-state index in [2.05, 4.69) is 62.4 Å². The van der Waals surface area contributed by atoms with E-state index in [9.17, 15) is 0 Å². The van der Waals surface area contributed by atoms with Crippen molar-refractivity contribution in [3.05, 3.63) is 65.9 Å². The molecule has 96 valence electrons. The predicted octanol–water partition coefficient (Wildman–Crippen LogP) is 5.16. The lowest BCUT2D eigenvalue weighted by molar-refractivity contribution is 1.44. The van der Waals surface area contributed by atoms with Crippen LogP contribution in [0.25, 0.3) is 32.4 Å². The molecule has 0 aliphatic carbocycles. The molecule has 0 saturated carbocycles. The Morgan fingerprint density at radius 2 is 1.55 bits per heavy atom. The van der Waals surface area contributed by atoms with Crippen LogP contribution in [0.1, 0.15) is 11.1 Å². The summed E-state index contributed by atoms with van der Waals surface area (Å²) < 4.78 is 0. The van der Waals surface area contributed by atoms with E-state index >= 15 is 0 Å². The average molecular weight is 257 g/mol. The fourth-order valence-electron chi connectivity index (χ4n) is 3.01. The molecule has 4 aromatic rings. The molecule has 3 aromatic carbocycles. The summed E-state index contributed by atoms with van der Waals surface area (Å²) in [5.41, 5.74) is 3.69. The zero-order chi connectivity index (χ0) is 13.7. The van der Waals surface area contributed by atoms with Gasteiger partial charge >= 0.3 is 0 Å². The second kappa shape index (κ2) is 4.04. The summed E-state index contributed by atoms with van der Waals surface area (Å²) in [6, 6.07) is 17.4. The minimum absolute atomic E-state index is 1.10. The van der Waals surface area contributed by atoms with Crippen molar-refractivity contribution in [3.8, 4) is 0 Å². The lowest BCUT2D eigenvalue weighted by atomic mass is 9.98. The molecule has 4 rings (SSSR count). The Bertz CT molecular complexity index is 962.